The van der Waals surface area contributed by atoms with Gasteiger partial charge in [-0.3, -0.25) is 9.59 Å². The minimum atomic E-state index is -0.571. The summed E-state index contributed by atoms with van der Waals surface area (Å²) in [6.45, 7) is 3.91. The number of ether oxygens (including phenoxy) is 2. The SMILES string of the molecule is COc1cc(OC)cc(C(=O)N[C@H](C(=O)N(C)C2CCCCCC2)C(C)C)c1. The summed E-state index contributed by atoms with van der Waals surface area (Å²) in [5, 5.41) is 2.93. The van der Waals surface area contributed by atoms with Crippen molar-refractivity contribution in [3.05, 3.63) is 23.8 Å². The molecule has 28 heavy (non-hydrogen) atoms. The van der Waals surface area contributed by atoms with E-state index in [0.717, 1.165) is 25.7 Å². The molecular formula is C22H34N2O4. The number of nitrogens with zero attached hydrogens (tertiary/aromatic N) is 1. The normalized spacial score (nSPS) is 16.2. The number of amides is 2. The summed E-state index contributed by atoms with van der Waals surface area (Å²) in [5.74, 6) is 0.723. The van der Waals surface area contributed by atoms with E-state index < -0.39 is 6.04 Å². The Morgan fingerprint density at radius 3 is 2.00 bits per heavy atom. The van der Waals surface area contributed by atoms with E-state index in [2.05, 4.69) is 5.32 Å². The van der Waals surface area contributed by atoms with Gasteiger partial charge in [-0.25, -0.2) is 0 Å². The number of rotatable bonds is 7. The first-order valence-corrected chi connectivity index (χ1v) is 10.2. The van der Waals surface area contributed by atoms with E-state index in [1.807, 2.05) is 25.8 Å². The van der Waals surface area contributed by atoms with Gasteiger partial charge in [0.15, 0.2) is 0 Å². The number of carbonyl (C=O) groups is 2. The molecule has 0 saturated heterocycles. The van der Waals surface area contributed by atoms with Gasteiger partial charge in [0, 0.05) is 24.7 Å². The van der Waals surface area contributed by atoms with Gasteiger partial charge in [0.25, 0.3) is 5.91 Å². The quantitative estimate of drug-likeness (QED) is 0.722. The number of hydrogen-bond acceptors (Lipinski definition) is 4. The van der Waals surface area contributed by atoms with Gasteiger partial charge in [0.2, 0.25) is 5.91 Å². The summed E-state index contributed by atoms with van der Waals surface area (Å²) in [5.41, 5.74) is 0.409. The van der Waals surface area contributed by atoms with Crippen LogP contribution in [0.3, 0.4) is 0 Å². The maximum Gasteiger partial charge on any atom is 0.252 e. The van der Waals surface area contributed by atoms with Crippen molar-refractivity contribution in [2.24, 2.45) is 5.92 Å². The maximum atomic E-state index is 13.2. The molecule has 0 heterocycles. The number of hydrogen-bond donors (Lipinski definition) is 1. The van der Waals surface area contributed by atoms with E-state index in [0.29, 0.717) is 17.1 Å². The van der Waals surface area contributed by atoms with Gasteiger partial charge < -0.3 is 19.7 Å². The Morgan fingerprint density at radius 2 is 1.54 bits per heavy atom. The molecule has 2 rings (SSSR count). The summed E-state index contributed by atoms with van der Waals surface area (Å²) < 4.78 is 10.5. The van der Waals surface area contributed by atoms with E-state index in [4.69, 9.17) is 9.47 Å². The van der Waals surface area contributed by atoms with Crippen molar-refractivity contribution in [1.29, 1.82) is 0 Å². The molecular weight excluding hydrogens is 356 g/mol. The molecule has 1 aliphatic rings. The van der Waals surface area contributed by atoms with E-state index in [1.165, 1.54) is 12.8 Å². The molecule has 6 heteroatoms. The largest absolute Gasteiger partial charge is 0.497 e. The second-order valence-corrected chi connectivity index (χ2v) is 7.89. The molecule has 0 aliphatic heterocycles. The molecule has 2 amide bonds. The van der Waals surface area contributed by atoms with Crippen molar-refractivity contribution >= 4 is 11.8 Å². The first-order chi connectivity index (χ1) is 13.4. The Hall–Kier alpha value is -2.24. The van der Waals surface area contributed by atoms with Crippen molar-refractivity contribution in [2.75, 3.05) is 21.3 Å². The van der Waals surface area contributed by atoms with Gasteiger partial charge in [-0.2, -0.15) is 0 Å². The van der Waals surface area contributed by atoms with Gasteiger partial charge in [-0.15, -0.1) is 0 Å². The van der Waals surface area contributed by atoms with Gasteiger partial charge in [0.1, 0.15) is 17.5 Å². The smallest absolute Gasteiger partial charge is 0.252 e. The Kier molecular flexibility index (Phi) is 8.15. The second-order valence-electron chi connectivity index (χ2n) is 7.89. The molecule has 1 N–H and O–H groups in total. The summed E-state index contributed by atoms with van der Waals surface area (Å²) >= 11 is 0. The van der Waals surface area contributed by atoms with Gasteiger partial charge >= 0.3 is 0 Å². The Balaban J connectivity index is 2.15. The van der Waals surface area contributed by atoms with Gasteiger partial charge in [0.05, 0.1) is 14.2 Å². The monoisotopic (exact) mass is 390 g/mol. The zero-order valence-electron chi connectivity index (χ0n) is 17.8. The fourth-order valence-electron chi connectivity index (χ4n) is 3.72. The van der Waals surface area contributed by atoms with Gasteiger partial charge in [-0.05, 0) is 30.9 Å². The van der Waals surface area contributed by atoms with Crippen molar-refractivity contribution in [3.8, 4) is 11.5 Å². The molecule has 1 aliphatic carbocycles. The van der Waals surface area contributed by atoms with Crippen LogP contribution in [0.4, 0.5) is 0 Å². The van der Waals surface area contributed by atoms with Crippen LogP contribution in [0, 0.1) is 5.92 Å². The molecule has 0 unspecified atom stereocenters. The summed E-state index contributed by atoms with van der Waals surface area (Å²) in [4.78, 5) is 27.9. The zero-order chi connectivity index (χ0) is 20.7. The predicted molar refractivity (Wildman–Crippen MR) is 110 cm³/mol. The van der Waals surface area contributed by atoms with E-state index in [-0.39, 0.29) is 23.8 Å². The molecule has 0 spiro atoms. The van der Waals surface area contributed by atoms with Crippen LogP contribution in [-0.2, 0) is 4.79 Å². The minimum absolute atomic E-state index is 0.0165. The molecule has 156 valence electrons. The summed E-state index contributed by atoms with van der Waals surface area (Å²) in [6.07, 6.45) is 6.86. The molecule has 0 radical (unpaired) electrons. The number of carbonyl (C=O) groups excluding carboxylic acids is 2. The van der Waals surface area contributed by atoms with Gasteiger partial charge in [-0.1, -0.05) is 39.5 Å². The highest BCUT2D eigenvalue weighted by Crippen LogP contribution is 2.24. The average Bonchev–Trinajstić information content (AvgIpc) is 2.99. The van der Waals surface area contributed by atoms with E-state index >= 15 is 0 Å². The highest BCUT2D eigenvalue weighted by atomic mass is 16.5. The molecule has 1 fully saturated rings. The third kappa shape index (κ3) is 5.63. The number of likely N-dealkylation sites (N-methyl/N-ethyl adjacent to an activating group) is 1. The summed E-state index contributed by atoms with van der Waals surface area (Å²) in [7, 11) is 4.95. The third-order valence-electron chi connectivity index (χ3n) is 5.55. The first-order valence-electron chi connectivity index (χ1n) is 10.2. The topological polar surface area (TPSA) is 67.9 Å². The van der Waals surface area contributed by atoms with Crippen LogP contribution in [0.25, 0.3) is 0 Å². The molecule has 6 nitrogen and oxygen atoms in total. The lowest BCUT2D eigenvalue weighted by molar-refractivity contribution is -0.135. The minimum Gasteiger partial charge on any atom is -0.497 e. The van der Waals surface area contributed by atoms with Crippen LogP contribution in [0.5, 0.6) is 11.5 Å². The number of benzene rings is 1. The predicted octanol–water partition coefficient (Wildman–Crippen LogP) is 3.64. The molecule has 1 saturated carbocycles. The standard InChI is InChI=1S/C22H34N2O4/c1-15(2)20(22(26)24(3)17-10-8-6-7-9-11-17)23-21(25)16-12-18(27-4)14-19(13-16)28-5/h12-15,17,20H,6-11H2,1-5H3,(H,23,25)/t20-/m0/s1. The lowest BCUT2D eigenvalue weighted by Crippen LogP contribution is -2.52. The Labute approximate surface area is 168 Å². The third-order valence-corrected chi connectivity index (χ3v) is 5.55. The molecule has 0 bridgehead atoms. The van der Waals surface area contributed by atoms with Crippen molar-refractivity contribution in [2.45, 2.75) is 64.5 Å². The lowest BCUT2D eigenvalue weighted by Gasteiger charge is -2.32. The lowest BCUT2D eigenvalue weighted by atomic mass is 10.00. The Morgan fingerprint density at radius 1 is 1.00 bits per heavy atom. The van der Waals surface area contributed by atoms with Crippen LogP contribution in [-0.4, -0.2) is 50.1 Å². The second kappa shape index (κ2) is 10.3. The van der Waals surface area contributed by atoms with Crippen molar-refractivity contribution in [3.63, 3.8) is 0 Å². The van der Waals surface area contributed by atoms with Crippen LogP contribution in [0.15, 0.2) is 18.2 Å². The number of nitrogens with one attached hydrogen (secondary N) is 1. The van der Waals surface area contributed by atoms with Crippen LogP contribution >= 0.6 is 0 Å². The summed E-state index contributed by atoms with van der Waals surface area (Å²) in [6, 6.07) is 4.69. The first kappa shape index (κ1) is 22.1. The average molecular weight is 391 g/mol. The highest BCUT2D eigenvalue weighted by molar-refractivity contribution is 5.98. The molecule has 0 aromatic heterocycles. The molecule has 1 atom stereocenters. The fraction of sp³-hybridized carbons (Fsp3) is 0.636. The van der Waals surface area contributed by atoms with Crippen molar-refractivity contribution in [1.82, 2.24) is 10.2 Å². The van der Waals surface area contributed by atoms with Crippen molar-refractivity contribution < 1.29 is 19.1 Å². The van der Waals surface area contributed by atoms with Crippen LogP contribution in [0.1, 0.15) is 62.7 Å². The van der Waals surface area contributed by atoms with E-state index in [9.17, 15) is 9.59 Å². The number of methoxy groups -OCH3 is 2. The maximum absolute atomic E-state index is 13.2. The fourth-order valence-corrected chi connectivity index (χ4v) is 3.72. The van der Waals surface area contributed by atoms with Crippen LogP contribution in [0.2, 0.25) is 0 Å². The van der Waals surface area contributed by atoms with E-state index in [1.54, 1.807) is 32.4 Å². The highest BCUT2D eigenvalue weighted by Gasteiger charge is 2.31. The van der Waals surface area contributed by atoms with Crippen LogP contribution < -0.4 is 14.8 Å². The molecule has 1 aromatic rings. The zero-order valence-corrected chi connectivity index (χ0v) is 17.8. The Bertz CT molecular complexity index is 644. The molecule has 1 aromatic carbocycles.